The van der Waals surface area contributed by atoms with Gasteiger partial charge in [0.15, 0.2) is 0 Å². The molecule has 0 bridgehead atoms. The zero-order valence-corrected chi connectivity index (χ0v) is 6.99. The molecule has 59 valence electrons. The van der Waals surface area contributed by atoms with Crippen molar-refractivity contribution in [2.75, 3.05) is 14.1 Å². The van der Waals surface area contributed by atoms with Crippen LogP contribution in [0.1, 0.15) is 11.6 Å². The third-order valence-electron chi connectivity index (χ3n) is 1.69. The maximum absolute atomic E-state index is 4.02. The van der Waals surface area contributed by atoms with Crippen molar-refractivity contribution in [2.45, 2.75) is 6.04 Å². The van der Waals surface area contributed by atoms with E-state index in [1.54, 1.807) is 6.20 Å². The Morgan fingerprint density at radius 1 is 1.55 bits per heavy atom. The van der Waals surface area contributed by atoms with Crippen LogP contribution in [-0.4, -0.2) is 24.0 Å². The van der Waals surface area contributed by atoms with Crippen LogP contribution in [0.15, 0.2) is 24.5 Å². The Labute approximate surface area is 67.9 Å². The van der Waals surface area contributed by atoms with E-state index < -0.39 is 0 Å². The lowest BCUT2D eigenvalue weighted by molar-refractivity contribution is 0.348. The Morgan fingerprint density at radius 3 is 2.73 bits per heavy atom. The Morgan fingerprint density at radius 2 is 2.27 bits per heavy atom. The highest BCUT2D eigenvalue weighted by Crippen LogP contribution is 2.13. The van der Waals surface area contributed by atoms with E-state index in [4.69, 9.17) is 0 Å². The lowest BCUT2D eigenvalue weighted by Crippen LogP contribution is -2.16. The van der Waals surface area contributed by atoms with E-state index in [9.17, 15) is 0 Å². The number of hydrogen-bond acceptors (Lipinski definition) is 2. The second-order valence-electron chi connectivity index (χ2n) is 2.77. The number of pyridine rings is 1. The third-order valence-corrected chi connectivity index (χ3v) is 1.69. The minimum atomic E-state index is 0.198. The molecular formula is C9H13N2. The Balaban J connectivity index is 2.77. The molecule has 1 heterocycles. The fraction of sp³-hybridized carbons (Fsp3) is 0.333. The number of nitrogens with zero attached hydrogens (tertiary/aromatic N) is 2. The summed E-state index contributed by atoms with van der Waals surface area (Å²) in [6.45, 7) is 3.99. The molecule has 0 aliphatic carbocycles. The van der Waals surface area contributed by atoms with Gasteiger partial charge in [-0.05, 0) is 32.6 Å². The average molecular weight is 149 g/mol. The number of hydrogen-bond donors (Lipinski definition) is 0. The van der Waals surface area contributed by atoms with Gasteiger partial charge in [-0.25, -0.2) is 0 Å². The largest absolute Gasteiger partial charge is 0.302 e. The van der Waals surface area contributed by atoms with Gasteiger partial charge in [0, 0.05) is 18.4 Å². The predicted octanol–water partition coefficient (Wildman–Crippen LogP) is 1.52. The third kappa shape index (κ3) is 2.02. The molecular weight excluding hydrogens is 136 g/mol. The summed E-state index contributed by atoms with van der Waals surface area (Å²) in [5, 5.41) is 0. The molecule has 0 aliphatic heterocycles. The normalized spacial score (nSPS) is 13.5. The second kappa shape index (κ2) is 3.49. The molecule has 0 saturated carbocycles. The van der Waals surface area contributed by atoms with Crippen molar-refractivity contribution in [3.05, 3.63) is 37.0 Å². The maximum atomic E-state index is 4.02. The van der Waals surface area contributed by atoms with Crippen molar-refractivity contribution in [3.63, 3.8) is 0 Å². The van der Waals surface area contributed by atoms with Crippen LogP contribution in [0.4, 0.5) is 0 Å². The molecule has 0 saturated heterocycles. The first-order chi connectivity index (χ1) is 5.22. The summed E-state index contributed by atoms with van der Waals surface area (Å²) in [6, 6.07) is 4.16. The topological polar surface area (TPSA) is 16.1 Å². The molecule has 0 spiro atoms. The van der Waals surface area contributed by atoms with Crippen molar-refractivity contribution < 1.29 is 0 Å². The van der Waals surface area contributed by atoms with Crippen LogP contribution >= 0.6 is 0 Å². The molecule has 0 aromatic carbocycles. The van der Waals surface area contributed by atoms with Gasteiger partial charge in [-0.15, -0.1) is 0 Å². The van der Waals surface area contributed by atoms with E-state index in [1.807, 2.05) is 32.4 Å². The number of rotatable bonds is 2. The monoisotopic (exact) mass is 149 g/mol. The minimum Gasteiger partial charge on any atom is -0.302 e. The van der Waals surface area contributed by atoms with Gasteiger partial charge in [0.05, 0.1) is 0 Å². The first kappa shape index (κ1) is 8.21. The summed E-state index contributed by atoms with van der Waals surface area (Å²) < 4.78 is 0. The smallest absolute Gasteiger partial charge is 0.0357 e. The molecule has 1 aromatic heterocycles. The molecule has 1 radical (unpaired) electrons. The highest BCUT2D eigenvalue weighted by Gasteiger charge is 2.05. The van der Waals surface area contributed by atoms with Gasteiger partial charge >= 0.3 is 0 Å². The summed E-state index contributed by atoms with van der Waals surface area (Å²) in [5.41, 5.74) is 1.15. The first-order valence-corrected chi connectivity index (χ1v) is 3.61. The van der Waals surface area contributed by atoms with Crippen molar-refractivity contribution in [2.24, 2.45) is 0 Å². The van der Waals surface area contributed by atoms with Crippen LogP contribution in [0, 0.1) is 6.92 Å². The van der Waals surface area contributed by atoms with Crippen LogP contribution in [0.25, 0.3) is 0 Å². The molecule has 1 atom stereocenters. The summed E-state index contributed by atoms with van der Waals surface area (Å²) in [4.78, 5) is 6.07. The second-order valence-corrected chi connectivity index (χ2v) is 2.77. The quantitative estimate of drug-likeness (QED) is 0.633. The maximum Gasteiger partial charge on any atom is 0.0357 e. The van der Waals surface area contributed by atoms with E-state index >= 15 is 0 Å². The van der Waals surface area contributed by atoms with E-state index in [-0.39, 0.29) is 6.04 Å². The van der Waals surface area contributed by atoms with Crippen molar-refractivity contribution in [3.8, 4) is 0 Å². The summed E-state index contributed by atoms with van der Waals surface area (Å²) >= 11 is 0. The molecule has 2 heteroatoms. The van der Waals surface area contributed by atoms with Crippen LogP contribution < -0.4 is 0 Å². The summed E-state index contributed by atoms with van der Waals surface area (Å²) in [6.07, 6.45) is 3.61. The van der Waals surface area contributed by atoms with Crippen LogP contribution in [0.2, 0.25) is 0 Å². The molecule has 0 aliphatic rings. The Kier molecular flexibility index (Phi) is 2.60. The van der Waals surface area contributed by atoms with Crippen molar-refractivity contribution in [1.29, 1.82) is 0 Å². The number of aromatic nitrogens is 1. The highest BCUT2D eigenvalue weighted by molar-refractivity contribution is 5.14. The predicted molar refractivity (Wildman–Crippen MR) is 46.0 cm³/mol. The van der Waals surface area contributed by atoms with E-state index in [0.29, 0.717) is 0 Å². The fourth-order valence-electron chi connectivity index (χ4n) is 0.871. The van der Waals surface area contributed by atoms with Gasteiger partial charge in [0.2, 0.25) is 0 Å². The first-order valence-electron chi connectivity index (χ1n) is 3.61. The molecule has 11 heavy (non-hydrogen) atoms. The Hall–Kier alpha value is -0.890. The lowest BCUT2D eigenvalue weighted by Gasteiger charge is -2.18. The zero-order chi connectivity index (χ0) is 8.27. The van der Waals surface area contributed by atoms with Gasteiger partial charge < -0.3 is 4.90 Å². The standard InChI is InChI=1S/C9H13N2/c1-8(11(2)3)9-5-4-6-10-7-9/h4-8H,1H2,2-3H3. The van der Waals surface area contributed by atoms with Crippen LogP contribution in [0.3, 0.4) is 0 Å². The molecule has 0 N–H and O–H groups in total. The molecule has 1 rings (SSSR count). The van der Waals surface area contributed by atoms with Gasteiger partial charge in [-0.1, -0.05) is 6.07 Å². The SMILES string of the molecule is [CH2]C(c1cccnc1)N(C)C. The van der Waals surface area contributed by atoms with E-state index in [2.05, 4.69) is 16.8 Å². The molecule has 2 nitrogen and oxygen atoms in total. The fourth-order valence-corrected chi connectivity index (χ4v) is 0.871. The Bertz CT molecular complexity index is 206. The van der Waals surface area contributed by atoms with E-state index in [1.165, 1.54) is 0 Å². The van der Waals surface area contributed by atoms with Crippen molar-refractivity contribution in [1.82, 2.24) is 9.88 Å². The molecule has 0 fully saturated rings. The average Bonchev–Trinajstić information content (AvgIpc) is 2.05. The van der Waals surface area contributed by atoms with Gasteiger partial charge in [-0.3, -0.25) is 4.98 Å². The van der Waals surface area contributed by atoms with Gasteiger partial charge in [-0.2, -0.15) is 0 Å². The molecule has 0 amide bonds. The molecule has 1 unspecified atom stereocenters. The summed E-state index contributed by atoms with van der Waals surface area (Å²) in [5.74, 6) is 0. The molecule has 1 aromatic rings. The van der Waals surface area contributed by atoms with Crippen LogP contribution in [-0.2, 0) is 0 Å². The zero-order valence-electron chi connectivity index (χ0n) is 6.99. The van der Waals surface area contributed by atoms with Gasteiger partial charge in [0.25, 0.3) is 0 Å². The van der Waals surface area contributed by atoms with Gasteiger partial charge in [0.1, 0.15) is 0 Å². The lowest BCUT2D eigenvalue weighted by atomic mass is 10.1. The highest BCUT2D eigenvalue weighted by atomic mass is 15.1. The van der Waals surface area contributed by atoms with Crippen LogP contribution in [0.5, 0.6) is 0 Å². The van der Waals surface area contributed by atoms with E-state index in [0.717, 1.165) is 5.56 Å². The summed E-state index contributed by atoms with van der Waals surface area (Å²) in [7, 11) is 4.01. The minimum absolute atomic E-state index is 0.198. The van der Waals surface area contributed by atoms with Crippen molar-refractivity contribution >= 4 is 0 Å².